The number of carbonyl (C=O) groups excluding carboxylic acids is 1. The molecule has 1 atom stereocenters. The number of aliphatic carboxylic acids is 2. The predicted molar refractivity (Wildman–Crippen MR) is 96.3 cm³/mol. The molecule has 0 saturated heterocycles. The number of primary amides is 1. The molecule has 9 nitrogen and oxygen atoms in total. The van der Waals surface area contributed by atoms with E-state index in [0.717, 1.165) is 12.8 Å². The Morgan fingerprint density at radius 3 is 1.58 bits per heavy atom. The molecule has 0 aromatic carbocycles. The molecular weight excluding hydrogens is 366 g/mol. The van der Waals surface area contributed by atoms with Crippen molar-refractivity contribution in [1.29, 1.82) is 0 Å². The minimum absolute atomic E-state index is 0.159. The highest BCUT2D eigenvalue weighted by Gasteiger charge is 2.33. The van der Waals surface area contributed by atoms with E-state index >= 15 is 0 Å². The molecule has 0 aromatic rings. The van der Waals surface area contributed by atoms with E-state index in [-0.39, 0.29) is 5.91 Å². The van der Waals surface area contributed by atoms with Crippen molar-refractivity contribution in [2.24, 2.45) is 5.73 Å². The average Bonchev–Trinajstić information content (AvgIpc) is 2.50. The van der Waals surface area contributed by atoms with Crippen molar-refractivity contribution in [3.05, 3.63) is 0 Å². The second-order valence-corrected chi connectivity index (χ2v) is 7.58. The topological polar surface area (TPSA) is 172 Å². The SMILES string of the molecule is CCCCCCCCCCCC(N)=O.O=C(O)CC(C(=O)O)S(=O)(=O)O. The van der Waals surface area contributed by atoms with E-state index in [1.165, 1.54) is 44.9 Å². The van der Waals surface area contributed by atoms with Crippen LogP contribution in [0.25, 0.3) is 0 Å². The van der Waals surface area contributed by atoms with Crippen LogP contribution in [-0.4, -0.2) is 46.3 Å². The summed E-state index contributed by atoms with van der Waals surface area (Å²) in [6.45, 7) is 2.24. The number of carbonyl (C=O) groups is 3. The van der Waals surface area contributed by atoms with E-state index in [2.05, 4.69) is 6.92 Å². The molecule has 0 radical (unpaired) electrons. The van der Waals surface area contributed by atoms with Crippen molar-refractivity contribution in [1.82, 2.24) is 0 Å². The van der Waals surface area contributed by atoms with Crippen LogP contribution in [0.3, 0.4) is 0 Å². The maximum Gasteiger partial charge on any atom is 0.325 e. The molecular formula is C16H31NO8S. The largest absolute Gasteiger partial charge is 0.481 e. The first-order chi connectivity index (χ1) is 12.0. The fourth-order valence-corrected chi connectivity index (χ4v) is 2.70. The standard InChI is InChI=1S/C12H25NO.C4H6O7S/c1-2-3-4-5-6-7-8-9-10-11-12(13)14;5-3(6)1-2(4(7)8)12(9,10)11/h2-11H2,1H3,(H2,13,14);2H,1H2,(H,5,6)(H,7,8)(H,9,10,11). The fraction of sp³-hybridized carbons (Fsp3) is 0.812. The van der Waals surface area contributed by atoms with Crippen molar-refractivity contribution in [2.45, 2.75) is 82.8 Å². The van der Waals surface area contributed by atoms with Gasteiger partial charge in [0.15, 0.2) is 5.25 Å². The molecule has 0 aliphatic heterocycles. The Morgan fingerprint density at radius 2 is 1.31 bits per heavy atom. The fourth-order valence-electron chi connectivity index (χ4n) is 2.09. The summed E-state index contributed by atoms with van der Waals surface area (Å²) in [4.78, 5) is 30.4. The van der Waals surface area contributed by atoms with Gasteiger partial charge in [-0.2, -0.15) is 8.42 Å². The molecule has 0 aliphatic carbocycles. The summed E-state index contributed by atoms with van der Waals surface area (Å²) < 4.78 is 28.7. The first-order valence-electron chi connectivity index (χ1n) is 8.71. The van der Waals surface area contributed by atoms with Crippen LogP contribution >= 0.6 is 0 Å². The Labute approximate surface area is 154 Å². The van der Waals surface area contributed by atoms with E-state index in [1.807, 2.05) is 0 Å². The summed E-state index contributed by atoms with van der Waals surface area (Å²) in [5, 5.41) is 13.9. The molecule has 0 aromatic heterocycles. The van der Waals surface area contributed by atoms with Crippen LogP contribution in [0.4, 0.5) is 0 Å². The Bertz CT molecular complexity index is 518. The normalized spacial score (nSPS) is 11.9. The number of amides is 1. The maximum atomic E-state index is 10.4. The first-order valence-corrected chi connectivity index (χ1v) is 10.2. The van der Waals surface area contributed by atoms with Crippen molar-refractivity contribution >= 4 is 28.0 Å². The lowest BCUT2D eigenvalue weighted by molar-refractivity contribution is -0.143. The van der Waals surface area contributed by atoms with Crippen LogP contribution in [0.1, 0.15) is 77.6 Å². The lowest BCUT2D eigenvalue weighted by atomic mass is 10.1. The molecule has 1 amide bonds. The molecule has 10 heteroatoms. The van der Waals surface area contributed by atoms with Crippen LogP contribution < -0.4 is 5.73 Å². The van der Waals surface area contributed by atoms with Gasteiger partial charge in [0.05, 0.1) is 6.42 Å². The van der Waals surface area contributed by atoms with Crippen LogP contribution in [0.5, 0.6) is 0 Å². The van der Waals surface area contributed by atoms with Crippen LogP contribution in [0.2, 0.25) is 0 Å². The smallest absolute Gasteiger partial charge is 0.325 e. The Balaban J connectivity index is 0. The summed E-state index contributed by atoms with van der Waals surface area (Å²) >= 11 is 0. The van der Waals surface area contributed by atoms with Gasteiger partial charge in [-0.05, 0) is 6.42 Å². The molecule has 0 bridgehead atoms. The summed E-state index contributed by atoms with van der Waals surface area (Å²) in [5.41, 5.74) is 5.05. The van der Waals surface area contributed by atoms with Crippen molar-refractivity contribution < 1.29 is 37.6 Å². The zero-order valence-electron chi connectivity index (χ0n) is 15.2. The van der Waals surface area contributed by atoms with Crippen LogP contribution in [-0.2, 0) is 24.5 Å². The van der Waals surface area contributed by atoms with Gasteiger partial charge in [-0.3, -0.25) is 18.9 Å². The van der Waals surface area contributed by atoms with Gasteiger partial charge >= 0.3 is 11.9 Å². The van der Waals surface area contributed by atoms with Gasteiger partial charge < -0.3 is 15.9 Å². The summed E-state index contributed by atoms with van der Waals surface area (Å²) in [6, 6.07) is 0. The predicted octanol–water partition coefficient (Wildman–Crippen LogP) is 2.19. The summed E-state index contributed by atoms with van der Waals surface area (Å²) in [5.74, 6) is -3.66. The lowest BCUT2D eigenvalue weighted by Gasteiger charge is -2.04. The van der Waals surface area contributed by atoms with Gasteiger partial charge in [0.2, 0.25) is 5.91 Å². The van der Waals surface area contributed by atoms with E-state index in [9.17, 15) is 22.8 Å². The van der Waals surface area contributed by atoms with Gasteiger partial charge in [-0.15, -0.1) is 0 Å². The third-order valence-corrected chi connectivity index (χ3v) is 4.61. The number of carboxylic acid groups (broad SMARTS) is 2. The van der Waals surface area contributed by atoms with E-state index in [0.29, 0.717) is 6.42 Å². The van der Waals surface area contributed by atoms with Crippen molar-refractivity contribution in [3.63, 3.8) is 0 Å². The molecule has 26 heavy (non-hydrogen) atoms. The molecule has 5 N–H and O–H groups in total. The van der Waals surface area contributed by atoms with E-state index in [4.69, 9.17) is 20.5 Å². The molecule has 0 saturated carbocycles. The van der Waals surface area contributed by atoms with Gasteiger partial charge in [0, 0.05) is 6.42 Å². The molecule has 0 fully saturated rings. The zero-order valence-corrected chi connectivity index (χ0v) is 16.0. The van der Waals surface area contributed by atoms with Gasteiger partial charge in [-0.1, -0.05) is 58.3 Å². The highest BCUT2D eigenvalue weighted by atomic mass is 32.2. The average molecular weight is 397 g/mol. The Kier molecular flexibility index (Phi) is 15.9. The molecule has 1 unspecified atom stereocenters. The van der Waals surface area contributed by atoms with Gasteiger partial charge in [0.25, 0.3) is 10.1 Å². The number of unbranched alkanes of at least 4 members (excludes halogenated alkanes) is 8. The Hall–Kier alpha value is -1.68. The van der Waals surface area contributed by atoms with E-state index in [1.54, 1.807) is 0 Å². The number of hydrogen-bond acceptors (Lipinski definition) is 5. The quantitative estimate of drug-likeness (QED) is 0.255. The summed E-state index contributed by atoms with van der Waals surface area (Å²) in [6.07, 6.45) is 10.9. The number of carboxylic acids is 2. The third-order valence-electron chi connectivity index (χ3n) is 3.52. The minimum atomic E-state index is -4.84. The zero-order chi connectivity index (χ0) is 20.6. The number of nitrogens with two attached hydrogens (primary N) is 1. The number of hydrogen-bond donors (Lipinski definition) is 4. The lowest BCUT2D eigenvalue weighted by Crippen LogP contribution is -2.31. The second kappa shape index (κ2) is 15.6. The van der Waals surface area contributed by atoms with Crippen LogP contribution in [0, 0.1) is 0 Å². The third kappa shape index (κ3) is 18.7. The minimum Gasteiger partial charge on any atom is -0.481 e. The molecule has 0 aliphatic rings. The van der Waals surface area contributed by atoms with Gasteiger partial charge in [0.1, 0.15) is 0 Å². The molecule has 154 valence electrons. The molecule has 0 heterocycles. The van der Waals surface area contributed by atoms with Crippen molar-refractivity contribution in [3.8, 4) is 0 Å². The van der Waals surface area contributed by atoms with Crippen molar-refractivity contribution in [2.75, 3.05) is 0 Å². The number of rotatable bonds is 14. The van der Waals surface area contributed by atoms with Crippen LogP contribution in [0.15, 0.2) is 0 Å². The first kappa shape index (κ1) is 26.5. The highest BCUT2D eigenvalue weighted by Crippen LogP contribution is 2.10. The van der Waals surface area contributed by atoms with E-state index < -0.39 is 33.7 Å². The highest BCUT2D eigenvalue weighted by molar-refractivity contribution is 7.87. The maximum absolute atomic E-state index is 10.4. The Morgan fingerprint density at radius 1 is 0.885 bits per heavy atom. The summed E-state index contributed by atoms with van der Waals surface area (Å²) in [7, 11) is -4.84. The second-order valence-electron chi connectivity index (χ2n) is 5.98. The molecule has 0 spiro atoms. The molecule has 0 rings (SSSR count). The van der Waals surface area contributed by atoms with Gasteiger partial charge in [-0.25, -0.2) is 0 Å². The monoisotopic (exact) mass is 397 g/mol.